The number of nitrogens with one attached hydrogen (secondary N) is 2. The zero-order valence-corrected chi connectivity index (χ0v) is 10.9. The number of aryl methyl sites for hydroxylation is 1. The molecule has 1 aliphatic rings. The molecule has 0 aliphatic heterocycles. The molecule has 110 valence electrons. The zero-order valence-electron chi connectivity index (χ0n) is 10.9. The number of hydrogen-bond acceptors (Lipinski definition) is 3. The second kappa shape index (κ2) is 5.64. The van der Waals surface area contributed by atoms with Crippen molar-refractivity contribution in [1.29, 1.82) is 0 Å². The smallest absolute Gasteiger partial charge is 0.329 e. The van der Waals surface area contributed by atoms with Crippen LogP contribution in [-0.4, -0.2) is 28.7 Å². The van der Waals surface area contributed by atoms with Gasteiger partial charge in [-0.05, 0) is 31.7 Å². The molecule has 0 saturated heterocycles. The fourth-order valence-corrected chi connectivity index (χ4v) is 1.81. The number of urea groups is 1. The summed E-state index contributed by atoms with van der Waals surface area (Å²) < 4.78 is 36.1. The fourth-order valence-electron chi connectivity index (χ4n) is 1.81. The third-order valence-corrected chi connectivity index (χ3v) is 2.92. The first-order chi connectivity index (χ1) is 9.35. The summed E-state index contributed by atoms with van der Waals surface area (Å²) in [5, 5.41) is 4.31. The van der Waals surface area contributed by atoms with Crippen LogP contribution in [0.25, 0.3) is 0 Å². The van der Waals surface area contributed by atoms with Crippen LogP contribution in [0.3, 0.4) is 0 Å². The van der Waals surface area contributed by atoms with Crippen LogP contribution in [0, 0.1) is 12.8 Å². The zero-order chi connectivity index (χ0) is 14.8. The standard InChI is InChI=1S/C12H15F3N4O/c1-7-4-5-16-10(18-7)9(8-2-3-8)19-11(20)17-6-12(13,14)15/h4-5,8-9H,2-3,6H2,1H3,(H2,17,19,20). The van der Waals surface area contributed by atoms with Gasteiger partial charge in [0.15, 0.2) is 5.82 Å². The Morgan fingerprint density at radius 1 is 1.50 bits per heavy atom. The summed E-state index contributed by atoms with van der Waals surface area (Å²) in [5.41, 5.74) is 0.748. The van der Waals surface area contributed by atoms with Crippen LogP contribution in [0.4, 0.5) is 18.0 Å². The maximum atomic E-state index is 12.0. The Morgan fingerprint density at radius 2 is 2.20 bits per heavy atom. The van der Waals surface area contributed by atoms with E-state index in [0.717, 1.165) is 18.5 Å². The lowest BCUT2D eigenvalue weighted by Gasteiger charge is -2.18. The summed E-state index contributed by atoms with van der Waals surface area (Å²) >= 11 is 0. The Hall–Kier alpha value is -1.86. The van der Waals surface area contributed by atoms with Crippen molar-refractivity contribution in [3.8, 4) is 0 Å². The number of amides is 2. The van der Waals surface area contributed by atoms with E-state index >= 15 is 0 Å². The quantitative estimate of drug-likeness (QED) is 0.891. The summed E-state index contributed by atoms with van der Waals surface area (Å²) in [6, 6.07) is 0.421. The van der Waals surface area contributed by atoms with Crippen LogP contribution in [0.15, 0.2) is 12.3 Å². The maximum Gasteiger partial charge on any atom is 0.405 e. The molecule has 1 saturated carbocycles. The van der Waals surface area contributed by atoms with Gasteiger partial charge in [-0.2, -0.15) is 13.2 Å². The van der Waals surface area contributed by atoms with Crippen molar-refractivity contribution < 1.29 is 18.0 Å². The molecule has 2 N–H and O–H groups in total. The molecule has 0 aromatic carbocycles. The number of alkyl halides is 3. The lowest BCUT2D eigenvalue weighted by atomic mass is 10.1. The van der Waals surface area contributed by atoms with Gasteiger partial charge in [0, 0.05) is 11.9 Å². The van der Waals surface area contributed by atoms with Crippen molar-refractivity contribution in [2.45, 2.75) is 32.0 Å². The number of halogens is 3. The first-order valence-corrected chi connectivity index (χ1v) is 6.26. The highest BCUT2D eigenvalue weighted by Gasteiger charge is 2.36. The number of nitrogens with zero attached hydrogens (tertiary/aromatic N) is 2. The Labute approximate surface area is 114 Å². The Kier molecular flexibility index (Phi) is 4.10. The summed E-state index contributed by atoms with van der Waals surface area (Å²) in [4.78, 5) is 19.8. The molecule has 0 bridgehead atoms. The van der Waals surface area contributed by atoms with Crippen LogP contribution >= 0.6 is 0 Å². The highest BCUT2D eigenvalue weighted by atomic mass is 19.4. The molecule has 1 atom stereocenters. The van der Waals surface area contributed by atoms with E-state index in [4.69, 9.17) is 0 Å². The third kappa shape index (κ3) is 4.36. The summed E-state index contributed by atoms with van der Waals surface area (Å²) in [5.74, 6) is 0.628. The van der Waals surface area contributed by atoms with Gasteiger partial charge in [-0.15, -0.1) is 0 Å². The number of rotatable bonds is 4. The van der Waals surface area contributed by atoms with E-state index in [1.807, 2.05) is 0 Å². The van der Waals surface area contributed by atoms with E-state index in [9.17, 15) is 18.0 Å². The Bertz CT molecular complexity index is 488. The highest BCUT2D eigenvalue weighted by Crippen LogP contribution is 2.39. The predicted molar refractivity (Wildman–Crippen MR) is 64.8 cm³/mol. The van der Waals surface area contributed by atoms with Crippen molar-refractivity contribution in [3.05, 3.63) is 23.8 Å². The summed E-state index contributed by atoms with van der Waals surface area (Å²) in [6.45, 7) is 0.434. The first kappa shape index (κ1) is 14.5. The summed E-state index contributed by atoms with van der Waals surface area (Å²) in [6.07, 6.45) is -1.04. The van der Waals surface area contributed by atoms with Gasteiger partial charge >= 0.3 is 12.2 Å². The largest absolute Gasteiger partial charge is 0.405 e. The van der Waals surface area contributed by atoms with Gasteiger partial charge in [0.2, 0.25) is 0 Å². The molecule has 0 radical (unpaired) electrons. The molecule has 1 aromatic heterocycles. The SMILES string of the molecule is Cc1ccnc(C(NC(=O)NCC(F)(F)F)C2CC2)n1. The molecule has 8 heteroatoms. The van der Waals surface area contributed by atoms with Crippen molar-refractivity contribution >= 4 is 6.03 Å². The van der Waals surface area contributed by atoms with Crippen LogP contribution in [0.1, 0.15) is 30.4 Å². The van der Waals surface area contributed by atoms with Crippen LogP contribution in [0.2, 0.25) is 0 Å². The average Bonchev–Trinajstić information content (AvgIpc) is 3.17. The minimum atomic E-state index is -4.42. The van der Waals surface area contributed by atoms with Gasteiger partial charge in [0.05, 0.1) is 6.04 Å². The van der Waals surface area contributed by atoms with Crippen molar-refractivity contribution in [2.24, 2.45) is 5.92 Å². The van der Waals surface area contributed by atoms with Crippen molar-refractivity contribution in [1.82, 2.24) is 20.6 Å². The van der Waals surface area contributed by atoms with Crippen LogP contribution < -0.4 is 10.6 Å². The normalized spacial score (nSPS) is 16.6. The Balaban J connectivity index is 1.98. The number of aromatic nitrogens is 2. The van der Waals surface area contributed by atoms with E-state index in [2.05, 4.69) is 15.3 Å². The van der Waals surface area contributed by atoms with Gasteiger partial charge in [0.1, 0.15) is 6.54 Å². The predicted octanol–water partition coefficient (Wildman–Crippen LogP) is 2.10. The van der Waals surface area contributed by atoms with Gasteiger partial charge < -0.3 is 10.6 Å². The van der Waals surface area contributed by atoms with E-state index in [-0.39, 0.29) is 5.92 Å². The van der Waals surface area contributed by atoms with E-state index in [1.54, 1.807) is 24.5 Å². The summed E-state index contributed by atoms with van der Waals surface area (Å²) in [7, 11) is 0. The van der Waals surface area contributed by atoms with E-state index in [1.165, 1.54) is 0 Å². The van der Waals surface area contributed by atoms with Crippen LogP contribution in [0.5, 0.6) is 0 Å². The molecule has 5 nitrogen and oxygen atoms in total. The monoisotopic (exact) mass is 288 g/mol. The van der Waals surface area contributed by atoms with Crippen molar-refractivity contribution in [3.63, 3.8) is 0 Å². The lowest BCUT2D eigenvalue weighted by Crippen LogP contribution is -2.43. The van der Waals surface area contributed by atoms with E-state index < -0.39 is 24.8 Å². The highest BCUT2D eigenvalue weighted by molar-refractivity contribution is 5.74. The minimum absolute atomic E-state index is 0.188. The molecule has 20 heavy (non-hydrogen) atoms. The first-order valence-electron chi connectivity index (χ1n) is 6.26. The second-order valence-corrected chi connectivity index (χ2v) is 4.81. The lowest BCUT2D eigenvalue weighted by molar-refractivity contribution is -0.122. The topological polar surface area (TPSA) is 66.9 Å². The third-order valence-electron chi connectivity index (χ3n) is 2.92. The molecule has 1 aliphatic carbocycles. The number of carbonyl (C=O) groups excluding carboxylic acids is 1. The molecular formula is C12H15F3N4O. The number of hydrogen-bond donors (Lipinski definition) is 2. The number of carbonyl (C=O) groups is 1. The van der Waals surface area contributed by atoms with Gasteiger partial charge in [-0.3, -0.25) is 0 Å². The average molecular weight is 288 g/mol. The molecule has 1 heterocycles. The van der Waals surface area contributed by atoms with Crippen molar-refractivity contribution in [2.75, 3.05) is 6.54 Å². The van der Waals surface area contributed by atoms with Crippen LogP contribution in [-0.2, 0) is 0 Å². The Morgan fingerprint density at radius 3 is 2.75 bits per heavy atom. The second-order valence-electron chi connectivity index (χ2n) is 4.81. The van der Waals surface area contributed by atoms with Gasteiger partial charge in [-0.25, -0.2) is 14.8 Å². The van der Waals surface area contributed by atoms with E-state index in [0.29, 0.717) is 5.82 Å². The molecule has 2 amide bonds. The fraction of sp³-hybridized carbons (Fsp3) is 0.583. The molecule has 0 spiro atoms. The van der Waals surface area contributed by atoms with Gasteiger partial charge in [0.25, 0.3) is 0 Å². The van der Waals surface area contributed by atoms with Gasteiger partial charge in [-0.1, -0.05) is 0 Å². The molecule has 1 aromatic rings. The maximum absolute atomic E-state index is 12.0. The molecular weight excluding hydrogens is 273 g/mol. The molecule has 1 unspecified atom stereocenters. The minimum Gasteiger partial charge on any atom is -0.329 e. The molecule has 1 fully saturated rings. The molecule has 2 rings (SSSR count).